The van der Waals surface area contributed by atoms with Crippen molar-refractivity contribution in [2.45, 2.75) is 19.9 Å². The van der Waals surface area contributed by atoms with Crippen LogP contribution in [-0.4, -0.2) is 60.5 Å². The first-order valence-corrected chi connectivity index (χ1v) is 11.9. The Morgan fingerprint density at radius 2 is 1.42 bits per heavy atom. The first kappa shape index (κ1) is 22.9. The molecule has 0 aliphatic carbocycles. The maximum atomic E-state index is 10.5. The molecule has 0 unspecified atom stereocenters. The van der Waals surface area contributed by atoms with E-state index in [0.29, 0.717) is 0 Å². The predicted octanol–water partition coefficient (Wildman–Crippen LogP) is 4.98. The molecule has 5 nitrogen and oxygen atoms in total. The van der Waals surface area contributed by atoms with E-state index in [2.05, 4.69) is 100 Å². The first-order valence-electron chi connectivity index (χ1n) is 11.9. The third-order valence-electron chi connectivity index (χ3n) is 6.39. The summed E-state index contributed by atoms with van der Waals surface area (Å²) in [6.07, 6.45) is 1.78. The molecule has 1 aliphatic heterocycles. The standard InChI is InChI=1S/C28H34N4O/c1-3-30(4-2)26-16-15-25(27(33)21-26)22-29-32-19-17-31(18-20-32)28(23-11-7-5-8-12-23)24-13-9-6-10-14-24/h5-16,21-22,28,33H,3-4,17-20H2,1-2H3/b29-22+. The summed E-state index contributed by atoms with van der Waals surface area (Å²) < 4.78 is 0. The van der Waals surface area contributed by atoms with Gasteiger partial charge in [0, 0.05) is 56.6 Å². The molecule has 1 aliphatic rings. The van der Waals surface area contributed by atoms with Crippen LogP contribution in [0.2, 0.25) is 0 Å². The van der Waals surface area contributed by atoms with Crippen LogP contribution in [-0.2, 0) is 0 Å². The lowest BCUT2D eigenvalue weighted by Gasteiger charge is -2.38. The lowest BCUT2D eigenvalue weighted by Crippen LogP contribution is -2.45. The minimum absolute atomic E-state index is 0.246. The summed E-state index contributed by atoms with van der Waals surface area (Å²) in [5.74, 6) is 0.273. The van der Waals surface area contributed by atoms with Gasteiger partial charge in [-0.3, -0.25) is 9.91 Å². The van der Waals surface area contributed by atoms with Crippen molar-refractivity contribution in [1.82, 2.24) is 9.91 Å². The van der Waals surface area contributed by atoms with E-state index in [4.69, 9.17) is 0 Å². The van der Waals surface area contributed by atoms with Crippen LogP contribution in [0.1, 0.15) is 36.6 Å². The average molecular weight is 443 g/mol. The molecule has 4 rings (SSSR count). The molecule has 0 aromatic heterocycles. The number of benzene rings is 3. The molecular weight excluding hydrogens is 408 g/mol. The number of anilines is 1. The van der Waals surface area contributed by atoms with Crippen molar-refractivity contribution in [2.24, 2.45) is 5.10 Å². The minimum atomic E-state index is 0.246. The zero-order valence-corrected chi connectivity index (χ0v) is 19.6. The van der Waals surface area contributed by atoms with E-state index in [-0.39, 0.29) is 11.8 Å². The predicted molar refractivity (Wildman–Crippen MR) is 137 cm³/mol. The average Bonchev–Trinajstić information content (AvgIpc) is 2.87. The van der Waals surface area contributed by atoms with E-state index >= 15 is 0 Å². The molecule has 1 N–H and O–H groups in total. The summed E-state index contributed by atoms with van der Waals surface area (Å²) >= 11 is 0. The normalized spacial score (nSPS) is 14.8. The van der Waals surface area contributed by atoms with E-state index in [9.17, 15) is 5.11 Å². The monoisotopic (exact) mass is 442 g/mol. The maximum Gasteiger partial charge on any atom is 0.126 e. The number of phenols is 1. The van der Waals surface area contributed by atoms with E-state index in [1.807, 2.05) is 12.1 Å². The van der Waals surface area contributed by atoms with Gasteiger partial charge < -0.3 is 10.0 Å². The van der Waals surface area contributed by atoms with Gasteiger partial charge in [0.15, 0.2) is 0 Å². The molecule has 0 amide bonds. The number of phenolic OH excluding ortho intramolecular Hbond substituents is 1. The Morgan fingerprint density at radius 3 is 1.94 bits per heavy atom. The fraction of sp³-hybridized carbons (Fsp3) is 0.321. The maximum absolute atomic E-state index is 10.5. The van der Waals surface area contributed by atoms with Crippen molar-refractivity contribution >= 4 is 11.9 Å². The van der Waals surface area contributed by atoms with Gasteiger partial charge in [0.2, 0.25) is 0 Å². The summed E-state index contributed by atoms with van der Waals surface area (Å²) in [6, 6.07) is 27.5. The second kappa shape index (κ2) is 11.0. The highest BCUT2D eigenvalue weighted by molar-refractivity contribution is 5.84. The van der Waals surface area contributed by atoms with E-state index in [0.717, 1.165) is 50.5 Å². The third-order valence-corrected chi connectivity index (χ3v) is 6.39. The molecule has 5 heteroatoms. The summed E-state index contributed by atoms with van der Waals surface area (Å²) in [5, 5.41) is 17.3. The van der Waals surface area contributed by atoms with Crippen LogP contribution in [0, 0.1) is 0 Å². The van der Waals surface area contributed by atoms with Crippen LogP contribution in [0.5, 0.6) is 5.75 Å². The topological polar surface area (TPSA) is 42.3 Å². The molecule has 0 radical (unpaired) electrons. The zero-order valence-electron chi connectivity index (χ0n) is 19.6. The lowest BCUT2D eigenvalue weighted by atomic mass is 9.96. The molecule has 1 fully saturated rings. The van der Waals surface area contributed by atoms with Gasteiger partial charge >= 0.3 is 0 Å². The minimum Gasteiger partial charge on any atom is -0.507 e. The molecule has 0 spiro atoms. The Labute approximate surface area is 197 Å². The van der Waals surface area contributed by atoms with Crippen molar-refractivity contribution in [3.63, 3.8) is 0 Å². The van der Waals surface area contributed by atoms with Gasteiger partial charge in [-0.25, -0.2) is 0 Å². The van der Waals surface area contributed by atoms with E-state index in [1.54, 1.807) is 6.21 Å². The summed E-state index contributed by atoms with van der Waals surface area (Å²) in [6.45, 7) is 9.64. The zero-order chi connectivity index (χ0) is 23.0. The van der Waals surface area contributed by atoms with Gasteiger partial charge in [0.25, 0.3) is 0 Å². The van der Waals surface area contributed by atoms with Gasteiger partial charge in [-0.1, -0.05) is 60.7 Å². The van der Waals surface area contributed by atoms with Gasteiger partial charge in [-0.2, -0.15) is 5.10 Å². The largest absolute Gasteiger partial charge is 0.507 e. The first-order chi connectivity index (χ1) is 16.2. The number of aromatic hydroxyl groups is 1. The van der Waals surface area contributed by atoms with Crippen molar-refractivity contribution < 1.29 is 5.11 Å². The van der Waals surface area contributed by atoms with Crippen molar-refractivity contribution in [3.8, 4) is 5.75 Å². The summed E-state index contributed by atoms with van der Waals surface area (Å²) in [5.41, 5.74) is 4.42. The molecule has 3 aromatic carbocycles. The number of piperazine rings is 1. The molecule has 172 valence electrons. The van der Waals surface area contributed by atoms with Crippen LogP contribution in [0.4, 0.5) is 5.69 Å². The molecule has 0 atom stereocenters. The van der Waals surface area contributed by atoms with Crippen molar-refractivity contribution in [1.29, 1.82) is 0 Å². The van der Waals surface area contributed by atoms with E-state index in [1.165, 1.54) is 11.1 Å². The fourth-order valence-electron chi connectivity index (χ4n) is 4.54. The molecule has 3 aromatic rings. The highest BCUT2D eigenvalue weighted by Crippen LogP contribution is 2.29. The molecule has 33 heavy (non-hydrogen) atoms. The molecule has 1 saturated heterocycles. The smallest absolute Gasteiger partial charge is 0.126 e. The number of hydrogen-bond donors (Lipinski definition) is 1. The quantitative estimate of drug-likeness (QED) is 0.500. The Morgan fingerprint density at radius 1 is 0.848 bits per heavy atom. The number of rotatable bonds is 8. The molecule has 1 heterocycles. The van der Waals surface area contributed by atoms with Crippen LogP contribution in [0.15, 0.2) is 84.0 Å². The van der Waals surface area contributed by atoms with Crippen LogP contribution < -0.4 is 4.90 Å². The van der Waals surface area contributed by atoms with Crippen molar-refractivity contribution in [3.05, 3.63) is 95.6 Å². The Bertz CT molecular complexity index is 987. The van der Waals surface area contributed by atoms with Gasteiger partial charge in [0.1, 0.15) is 5.75 Å². The highest BCUT2D eigenvalue weighted by Gasteiger charge is 2.25. The summed E-state index contributed by atoms with van der Waals surface area (Å²) in [4.78, 5) is 4.75. The SMILES string of the molecule is CCN(CC)c1ccc(/C=N/N2CCN(C(c3ccccc3)c3ccccc3)CC2)c(O)c1. The van der Waals surface area contributed by atoms with Gasteiger partial charge in [0.05, 0.1) is 12.3 Å². The summed E-state index contributed by atoms with van der Waals surface area (Å²) in [7, 11) is 0. The molecule has 0 bridgehead atoms. The highest BCUT2D eigenvalue weighted by atomic mass is 16.3. The van der Waals surface area contributed by atoms with Crippen LogP contribution in [0.25, 0.3) is 0 Å². The second-order valence-corrected chi connectivity index (χ2v) is 8.37. The lowest BCUT2D eigenvalue weighted by molar-refractivity contribution is 0.113. The molecule has 0 saturated carbocycles. The fourth-order valence-corrected chi connectivity index (χ4v) is 4.54. The molecular formula is C28H34N4O. The Kier molecular flexibility index (Phi) is 7.63. The Balaban J connectivity index is 1.42. The van der Waals surface area contributed by atoms with Crippen LogP contribution in [0.3, 0.4) is 0 Å². The number of nitrogens with zero attached hydrogens (tertiary/aromatic N) is 4. The van der Waals surface area contributed by atoms with Gasteiger partial charge in [-0.05, 0) is 37.1 Å². The Hall–Kier alpha value is -3.31. The van der Waals surface area contributed by atoms with E-state index < -0.39 is 0 Å². The third kappa shape index (κ3) is 5.55. The second-order valence-electron chi connectivity index (χ2n) is 8.37. The van der Waals surface area contributed by atoms with Crippen LogP contribution >= 0.6 is 0 Å². The van der Waals surface area contributed by atoms with Crippen molar-refractivity contribution in [2.75, 3.05) is 44.2 Å². The number of hydrogen-bond acceptors (Lipinski definition) is 5. The van der Waals surface area contributed by atoms with Gasteiger partial charge in [-0.15, -0.1) is 0 Å². The number of hydrazone groups is 1.